The van der Waals surface area contributed by atoms with Gasteiger partial charge in [0.2, 0.25) is 5.89 Å². The lowest BCUT2D eigenvalue weighted by Gasteiger charge is -2.04. The van der Waals surface area contributed by atoms with Gasteiger partial charge in [0.25, 0.3) is 5.22 Å². The number of hydrogen-bond donors (Lipinski definition) is 0. The molecule has 0 atom stereocenters. The molecule has 4 nitrogen and oxygen atoms in total. The highest BCUT2D eigenvalue weighted by Gasteiger charge is 2.09. The summed E-state index contributed by atoms with van der Waals surface area (Å²) in [5.74, 6) is 2.04. The van der Waals surface area contributed by atoms with E-state index < -0.39 is 0 Å². The second-order valence-electron chi connectivity index (χ2n) is 4.53. The Morgan fingerprint density at radius 2 is 1.78 bits per heavy atom. The van der Waals surface area contributed by atoms with Crippen LogP contribution in [-0.4, -0.2) is 22.6 Å². The minimum absolute atomic E-state index is 0.484. The molecule has 0 aliphatic carbocycles. The first-order valence-electron chi connectivity index (χ1n) is 6.81. The van der Waals surface area contributed by atoms with Gasteiger partial charge in [-0.1, -0.05) is 39.3 Å². The normalized spacial score (nSPS) is 10.7. The molecule has 0 N–H and O–H groups in total. The predicted molar refractivity (Wildman–Crippen MR) is 95.1 cm³/mol. The van der Waals surface area contributed by atoms with Gasteiger partial charge < -0.3 is 9.15 Å². The molecule has 2 aromatic carbocycles. The Balaban J connectivity index is 1.49. The van der Waals surface area contributed by atoms with E-state index in [1.807, 2.05) is 36.4 Å². The van der Waals surface area contributed by atoms with Crippen LogP contribution in [0.15, 0.2) is 62.6 Å². The zero-order valence-electron chi connectivity index (χ0n) is 11.9. The first-order chi connectivity index (χ1) is 11.2. The van der Waals surface area contributed by atoms with Gasteiger partial charge in [0.1, 0.15) is 5.75 Å². The van der Waals surface area contributed by atoms with E-state index in [4.69, 9.17) is 20.8 Å². The fraction of sp³-hybridized carbons (Fsp3) is 0.125. The zero-order chi connectivity index (χ0) is 16.1. The molecule has 0 aliphatic heterocycles. The molecule has 0 unspecified atom stereocenters. The molecule has 1 aromatic heterocycles. The van der Waals surface area contributed by atoms with Crippen molar-refractivity contribution in [3.05, 3.63) is 58.0 Å². The van der Waals surface area contributed by atoms with Crippen LogP contribution >= 0.6 is 39.3 Å². The molecule has 0 saturated carbocycles. The number of ether oxygens (including phenoxy) is 1. The smallest absolute Gasteiger partial charge is 0.276 e. The summed E-state index contributed by atoms with van der Waals surface area (Å²) in [6, 6.07) is 15.0. The van der Waals surface area contributed by atoms with Crippen LogP contribution in [0.1, 0.15) is 0 Å². The SMILES string of the molecule is Clc1ccc(-c2nnc(SCCOc3ccc(Br)cc3)o2)cc1. The van der Waals surface area contributed by atoms with E-state index in [0.717, 1.165) is 21.5 Å². The Morgan fingerprint density at radius 3 is 2.52 bits per heavy atom. The van der Waals surface area contributed by atoms with Crippen molar-refractivity contribution in [2.24, 2.45) is 0 Å². The van der Waals surface area contributed by atoms with Crippen molar-refractivity contribution in [1.82, 2.24) is 10.2 Å². The molecule has 0 amide bonds. The Labute approximate surface area is 151 Å². The monoisotopic (exact) mass is 410 g/mol. The van der Waals surface area contributed by atoms with Gasteiger partial charge in [-0.2, -0.15) is 0 Å². The van der Waals surface area contributed by atoms with Gasteiger partial charge in [0, 0.05) is 20.8 Å². The predicted octanol–water partition coefficient (Wildman–Crippen LogP) is 5.32. The fourth-order valence-corrected chi connectivity index (χ4v) is 2.76. The molecule has 0 saturated heterocycles. The molecule has 23 heavy (non-hydrogen) atoms. The minimum atomic E-state index is 0.484. The van der Waals surface area contributed by atoms with Crippen molar-refractivity contribution in [3.63, 3.8) is 0 Å². The summed E-state index contributed by atoms with van der Waals surface area (Å²) >= 11 is 10.7. The fourth-order valence-electron chi connectivity index (χ4n) is 1.80. The van der Waals surface area contributed by atoms with Gasteiger partial charge >= 0.3 is 0 Å². The number of halogens is 2. The summed E-state index contributed by atoms with van der Waals surface area (Å²) in [7, 11) is 0. The van der Waals surface area contributed by atoms with E-state index in [2.05, 4.69) is 26.1 Å². The van der Waals surface area contributed by atoms with Crippen molar-refractivity contribution >= 4 is 39.3 Å². The topological polar surface area (TPSA) is 48.2 Å². The molecule has 1 heterocycles. The van der Waals surface area contributed by atoms with E-state index in [-0.39, 0.29) is 0 Å². The van der Waals surface area contributed by atoms with E-state index in [0.29, 0.717) is 22.7 Å². The number of hydrogen-bond acceptors (Lipinski definition) is 5. The largest absolute Gasteiger partial charge is 0.493 e. The van der Waals surface area contributed by atoms with Gasteiger partial charge in [0.05, 0.1) is 6.61 Å². The van der Waals surface area contributed by atoms with Crippen molar-refractivity contribution in [2.45, 2.75) is 5.22 Å². The lowest BCUT2D eigenvalue weighted by atomic mass is 10.2. The molecule has 3 aromatic rings. The Bertz CT molecular complexity index is 763. The van der Waals surface area contributed by atoms with Gasteiger partial charge in [-0.15, -0.1) is 10.2 Å². The molecule has 0 radical (unpaired) electrons. The first kappa shape index (κ1) is 16.4. The Kier molecular flexibility index (Phi) is 5.59. The van der Waals surface area contributed by atoms with Crippen LogP contribution in [0.2, 0.25) is 5.02 Å². The summed E-state index contributed by atoms with van der Waals surface area (Å²) in [6.07, 6.45) is 0. The number of rotatable bonds is 6. The maximum absolute atomic E-state index is 5.86. The average Bonchev–Trinajstić information content (AvgIpc) is 3.03. The highest BCUT2D eigenvalue weighted by Crippen LogP contribution is 2.24. The molecular formula is C16H12BrClN2O2S. The summed E-state index contributed by atoms with van der Waals surface area (Å²) in [6.45, 7) is 0.560. The van der Waals surface area contributed by atoms with E-state index in [9.17, 15) is 0 Å². The number of nitrogens with zero attached hydrogens (tertiary/aromatic N) is 2. The molecule has 0 spiro atoms. The number of thioether (sulfide) groups is 1. The maximum Gasteiger partial charge on any atom is 0.276 e. The molecule has 0 aliphatic rings. The molecule has 0 fully saturated rings. The van der Waals surface area contributed by atoms with Crippen molar-refractivity contribution in [1.29, 1.82) is 0 Å². The highest BCUT2D eigenvalue weighted by molar-refractivity contribution is 9.10. The van der Waals surface area contributed by atoms with Crippen LogP contribution in [-0.2, 0) is 0 Å². The first-order valence-corrected chi connectivity index (χ1v) is 8.97. The van der Waals surface area contributed by atoms with Crippen LogP contribution in [0.4, 0.5) is 0 Å². The third-order valence-electron chi connectivity index (χ3n) is 2.89. The van der Waals surface area contributed by atoms with Crippen LogP contribution < -0.4 is 4.74 Å². The summed E-state index contributed by atoms with van der Waals surface area (Å²) < 4.78 is 12.3. The number of benzene rings is 2. The van der Waals surface area contributed by atoms with Crippen LogP contribution in [0.25, 0.3) is 11.5 Å². The second kappa shape index (κ2) is 7.86. The van der Waals surface area contributed by atoms with E-state index in [1.54, 1.807) is 12.1 Å². The van der Waals surface area contributed by atoms with E-state index >= 15 is 0 Å². The van der Waals surface area contributed by atoms with Crippen LogP contribution in [0.5, 0.6) is 5.75 Å². The number of aromatic nitrogens is 2. The third-order valence-corrected chi connectivity index (χ3v) is 4.45. The molecule has 0 bridgehead atoms. The Morgan fingerprint density at radius 1 is 1.04 bits per heavy atom. The lowest BCUT2D eigenvalue weighted by Crippen LogP contribution is -1.99. The lowest BCUT2D eigenvalue weighted by molar-refractivity contribution is 0.343. The van der Waals surface area contributed by atoms with Gasteiger partial charge in [-0.05, 0) is 48.5 Å². The van der Waals surface area contributed by atoms with Gasteiger partial charge in [-0.25, -0.2) is 0 Å². The van der Waals surface area contributed by atoms with Crippen molar-refractivity contribution < 1.29 is 9.15 Å². The van der Waals surface area contributed by atoms with Crippen molar-refractivity contribution in [2.75, 3.05) is 12.4 Å². The standard InChI is InChI=1S/C16H12BrClN2O2S/c17-12-3-7-14(8-4-12)21-9-10-23-16-20-19-15(22-16)11-1-5-13(18)6-2-11/h1-8H,9-10H2. The summed E-state index contributed by atoms with van der Waals surface area (Å²) in [5.41, 5.74) is 0.847. The maximum atomic E-state index is 5.86. The molecule has 3 rings (SSSR count). The zero-order valence-corrected chi connectivity index (χ0v) is 15.1. The summed E-state index contributed by atoms with van der Waals surface area (Å²) in [4.78, 5) is 0. The van der Waals surface area contributed by atoms with E-state index in [1.165, 1.54) is 11.8 Å². The molecule has 118 valence electrons. The molecular weight excluding hydrogens is 400 g/mol. The Hall–Kier alpha value is -1.50. The van der Waals surface area contributed by atoms with Crippen molar-refractivity contribution in [3.8, 4) is 17.2 Å². The van der Waals surface area contributed by atoms with Crippen LogP contribution in [0.3, 0.4) is 0 Å². The molecule has 7 heteroatoms. The summed E-state index contributed by atoms with van der Waals surface area (Å²) in [5, 5.41) is 9.26. The van der Waals surface area contributed by atoms with Gasteiger partial charge in [-0.3, -0.25) is 0 Å². The van der Waals surface area contributed by atoms with Gasteiger partial charge in [0.15, 0.2) is 0 Å². The second-order valence-corrected chi connectivity index (χ2v) is 6.93. The van der Waals surface area contributed by atoms with Crippen LogP contribution in [0, 0.1) is 0 Å². The average molecular weight is 412 g/mol. The quantitative estimate of drug-likeness (QED) is 0.405. The highest BCUT2D eigenvalue weighted by atomic mass is 79.9. The third kappa shape index (κ3) is 4.73. The minimum Gasteiger partial charge on any atom is -0.493 e.